The van der Waals surface area contributed by atoms with E-state index in [1.54, 1.807) is 21.3 Å². The van der Waals surface area contributed by atoms with Gasteiger partial charge in [-0.2, -0.15) is 0 Å². The summed E-state index contributed by atoms with van der Waals surface area (Å²) in [7, 11) is 5.17. The molecule has 1 aliphatic rings. The Bertz CT molecular complexity index is 539. The molecule has 1 aliphatic heterocycles. The summed E-state index contributed by atoms with van der Waals surface area (Å²) in [5, 5.41) is 6.76. The molecule has 1 aromatic rings. The van der Waals surface area contributed by atoms with Crippen LogP contribution in [0.2, 0.25) is 0 Å². The van der Waals surface area contributed by atoms with Gasteiger partial charge in [0.2, 0.25) is 0 Å². The first-order valence-electron chi connectivity index (χ1n) is 8.70. The average Bonchev–Trinajstić information content (AvgIpc) is 3.11. The molecule has 0 radical (unpaired) electrons. The third-order valence-corrected chi connectivity index (χ3v) is 4.15. The van der Waals surface area contributed by atoms with E-state index < -0.39 is 0 Å². The molecule has 25 heavy (non-hydrogen) atoms. The lowest BCUT2D eigenvalue weighted by Crippen LogP contribution is -2.45. The van der Waals surface area contributed by atoms with Crippen molar-refractivity contribution in [2.45, 2.75) is 12.5 Å². The minimum absolute atomic E-state index is 0.352. The first-order chi connectivity index (χ1) is 12.3. The van der Waals surface area contributed by atoms with Crippen molar-refractivity contribution < 1.29 is 14.2 Å². The number of anilines is 1. The number of hydrogen-bond acceptors (Lipinski definition) is 5. The van der Waals surface area contributed by atoms with Crippen molar-refractivity contribution in [2.24, 2.45) is 4.99 Å². The molecule has 0 amide bonds. The van der Waals surface area contributed by atoms with Gasteiger partial charge in [-0.15, -0.1) is 0 Å². The largest absolute Gasteiger partial charge is 0.495 e. The van der Waals surface area contributed by atoms with E-state index in [0.29, 0.717) is 32.4 Å². The van der Waals surface area contributed by atoms with Gasteiger partial charge in [0, 0.05) is 39.8 Å². The zero-order chi connectivity index (χ0) is 17.9. The number of para-hydroxylation sites is 2. The van der Waals surface area contributed by atoms with E-state index in [9.17, 15) is 0 Å². The molecule has 1 aromatic carbocycles. The molecule has 7 nitrogen and oxygen atoms in total. The quantitative estimate of drug-likeness (QED) is 0.395. The summed E-state index contributed by atoms with van der Waals surface area (Å²) in [5.74, 6) is 1.72. The third kappa shape index (κ3) is 6.10. The minimum Gasteiger partial charge on any atom is -0.495 e. The Labute approximate surface area is 150 Å². The number of rotatable bonds is 9. The van der Waals surface area contributed by atoms with Gasteiger partial charge in [0.25, 0.3) is 0 Å². The number of methoxy groups -OCH3 is 2. The van der Waals surface area contributed by atoms with E-state index in [2.05, 4.69) is 26.6 Å². The van der Waals surface area contributed by atoms with Crippen LogP contribution in [0.1, 0.15) is 6.42 Å². The van der Waals surface area contributed by atoms with Crippen LogP contribution in [0.4, 0.5) is 5.69 Å². The van der Waals surface area contributed by atoms with Gasteiger partial charge in [0.05, 0.1) is 32.6 Å². The lowest BCUT2D eigenvalue weighted by atomic mass is 10.2. The highest BCUT2D eigenvalue weighted by atomic mass is 16.5. The predicted octanol–water partition coefficient (Wildman–Crippen LogP) is 1.10. The van der Waals surface area contributed by atoms with Gasteiger partial charge >= 0.3 is 0 Å². The van der Waals surface area contributed by atoms with Gasteiger partial charge < -0.3 is 29.7 Å². The topological polar surface area (TPSA) is 67.4 Å². The highest BCUT2D eigenvalue weighted by molar-refractivity contribution is 5.80. The van der Waals surface area contributed by atoms with Gasteiger partial charge in [-0.3, -0.25) is 4.99 Å². The van der Waals surface area contributed by atoms with E-state index in [1.807, 2.05) is 18.2 Å². The van der Waals surface area contributed by atoms with Crippen LogP contribution in [0, 0.1) is 0 Å². The number of guanidine groups is 1. The summed E-state index contributed by atoms with van der Waals surface area (Å²) in [6, 6.07) is 8.49. The number of nitrogens with one attached hydrogen (secondary N) is 2. The van der Waals surface area contributed by atoms with Crippen molar-refractivity contribution in [3.8, 4) is 5.75 Å². The van der Waals surface area contributed by atoms with Crippen LogP contribution in [-0.4, -0.2) is 72.7 Å². The van der Waals surface area contributed by atoms with Crippen molar-refractivity contribution in [2.75, 3.05) is 65.6 Å². The Morgan fingerprint density at radius 3 is 2.84 bits per heavy atom. The minimum atomic E-state index is 0.352. The maximum absolute atomic E-state index is 5.47. The molecular weight excluding hydrogens is 320 g/mol. The Balaban J connectivity index is 1.75. The summed E-state index contributed by atoms with van der Waals surface area (Å²) in [4.78, 5) is 6.63. The number of ether oxygens (including phenoxy) is 3. The second-order valence-electron chi connectivity index (χ2n) is 5.85. The van der Waals surface area contributed by atoms with Crippen LogP contribution in [0.25, 0.3) is 0 Å². The predicted molar refractivity (Wildman–Crippen MR) is 101 cm³/mol. The van der Waals surface area contributed by atoms with Crippen LogP contribution in [0.15, 0.2) is 29.3 Å². The highest BCUT2D eigenvalue weighted by Crippen LogP contribution is 2.30. The molecule has 1 unspecified atom stereocenters. The first kappa shape index (κ1) is 19.3. The summed E-state index contributed by atoms with van der Waals surface area (Å²) >= 11 is 0. The van der Waals surface area contributed by atoms with Crippen molar-refractivity contribution in [1.29, 1.82) is 0 Å². The van der Waals surface area contributed by atoms with Crippen molar-refractivity contribution >= 4 is 11.6 Å². The Kier molecular flexibility index (Phi) is 8.34. The lowest BCUT2D eigenvalue weighted by molar-refractivity contribution is 0.0733. The van der Waals surface area contributed by atoms with E-state index in [4.69, 9.17) is 14.2 Å². The molecule has 1 fully saturated rings. The second kappa shape index (κ2) is 10.8. The van der Waals surface area contributed by atoms with E-state index >= 15 is 0 Å². The van der Waals surface area contributed by atoms with Gasteiger partial charge in [-0.05, 0) is 18.6 Å². The maximum atomic E-state index is 5.47. The Morgan fingerprint density at radius 1 is 1.24 bits per heavy atom. The smallest absolute Gasteiger partial charge is 0.191 e. The van der Waals surface area contributed by atoms with Gasteiger partial charge in [-0.1, -0.05) is 12.1 Å². The average molecular weight is 350 g/mol. The summed E-state index contributed by atoms with van der Waals surface area (Å²) < 4.78 is 15.9. The molecule has 0 saturated carbocycles. The lowest BCUT2D eigenvalue weighted by Gasteiger charge is -2.22. The maximum Gasteiger partial charge on any atom is 0.191 e. The van der Waals surface area contributed by atoms with Gasteiger partial charge in [0.1, 0.15) is 5.75 Å². The zero-order valence-electron chi connectivity index (χ0n) is 15.5. The van der Waals surface area contributed by atoms with Crippen molar-refractivity contribution in [3.63, 3.8) is 0 Å². The van der Waals surface area contributed by atoms with Crippen LogP contribution in [0.3, 0.4) is 0 Å². The number of aliphatic imine (C=N–C) groups is 1. The first-order valence-corrected chi connectivity index (χ1v) is 8.70. The van der Waals surface area contributed by atoms with Crippen molar-refractivity contribution in [3.05, 3.63) is 24.3 Å². The molecule has 140 valence electrons. The Hall–Kier alpha value is -1.99. The molecule has 1 heterocycles. The van der Waals surface area contributed by atoms with Crippen LogP contribution < -0.4 is 20.3 Å². The molecule has 0 bridgehead atoms. The number of hydrogen-bond donors (Lipinski definition) is 2. The molecule has 0 aromatic heterocycles. The number of benzene rings is 1. The summed E-state index contributed by atoms with van der Waals surface area (Å²) in [6.07, 6.45) is 1.06. The second-order valence-corrected chi connectivity index (χ2v) is 5.85. The molecule has 1 saturated heterocycles. The van der Waals surface area contributed by atoms with Crippen LogP contribution in [0.5, 0.6) is 5.75 Å². The molecule has 0 spiro atoms. The fraction of sp³-hybridized carbons (Fsp3) is 0.611. The van der Waals surface area contributed by atoms with E-state index in [-0.39, 0.29) is 0 Å². The van der Waals surface area contributed by atoms with Gasteiger partial charge in [0.15, 0.2) is 5.96 Å². The Morgan fingerprint density at radius 2 is 2.08 bits per heavy atom. The standard InChI is InChI=1S/C18H30N4O3/c1-19-18(20-9-11-25-13-12-23-2)21-15-8-10-22(14-15)16-6-4-5-7-17(16)24-3/h4-7,15H,8-14H2,1-3H3,(H2,19,20,21). The zero-order valence-corrected chi connectivity index (χ0v) is 15.5. The van der Waals surface area contributed by atoms with Crippen molar-refractivity contribution in [1.82, 2.24) is 10.6 Å². The number of nitrogens with zero attached hydrogens (tertiary/aromatic N) is 2. The summed E-state index contributed by atoms with van der Waals surface area (Å²) in [6.45, 7) is 4.49. The van der Waals surface area contributed by atoms with E-state index in [0.717, 1.165) is 36.9 Å². The SMILES string of the molecule is CN=C(NCCOCCOC)NC1CCN(c2ccccc2OC)C1. The fourth-order valence-electron chi connectivity index (χ4n) is 2.86. The van der Waals surface area contributed by atoms with Gasteiger partial charge in [-0.25, -0.2) is 0 Å². The molecule has 1 atom stereocenters. The highest BCUT2D eigenvalue weighted by Gasteiger charge is 2.25. The third-order valence-electron chi connectivity index (χ3n) is 4.15. The normalized spacial score (nSPS) is 17.6. The molecule has 0 aliphatic carbocycles. The molecule has 2 rings (SSSR count). The fourth-order valence-corrected chi connectivity index (χ4v) is 2.86. The molecule has 2 N–H and O–H groups in total. The van der Waals surface area contributed by atoms with Crippen LogP contribution >= 0.6 is 0 Å². The molecular formula is C18H30N4O3. The van der Waals surface area contributed by atoms with Crippen LogP contribution in [-0.2, 0) is 9.47 Å². The summed E-state index contributed by atoms with van der Waals surface area (Å²) in [5.41, 5.74) is 1.14. The monoisotopic (exact) mass is 350 g/mol. The van der Waals surface area contributed by atoms with E-state index in [1.165, 1.54) is 0 Å². The molecule has 7 heteroatoms.